The first kappa shape index (κ1) is 23.9. The number of urea groups is 1. The number of carbonyl (C=O) groups excluding carboxylic acids is 1. The number of amides is 2. The van der Waals surface area contributed by atoms with Crippen LogP contribution in [0.25, 0.3) is 0 Å². The SMILES string of the molecule is CC(C)(C)[Si](C)(C)O[C@H](CN)c1nnc([C@@H]2CC[C@@H]3CN2C(=O)N3OCc2ccccc2)o1. The molecule has 10 heteroatoms. The van der Waals surface area contributed by atoms with Gasteiger partial charge in [-0.3, -0.25) is 4.84 Å². The molecule has 1 aromatic heterocycles. The number of nitrogens with zero attached hydrogens (tertiary/aromatic N) is 4. The van der Waals surface area contributed by atoms with Gasteiger partial charge in [0.1, 0.15) is 18.8 Å². The number of hydroxylamine groups is 2. The highest BCUT2D eigenvalue weighted by Gasteiger charge is 2.48. The first-order chi connectivity index (χ1) is 15.6. The second-order valence-corrected chi connectivity index (χ2v) is 15.1. The van der Waals surface area contributed by atoms with Gasteiger partial charge in [0.2, 0.25) is 11.8 Å². The van der Waals surface area contributed by atoms with Gasteiger partial charge in [-0.15, -0.1) is 10.2 Å². The zero-order valence-corrected chi connectivity index (χ0v) is 21.2. The van der Waals surface area contributed by atoms with E-state index >= 15 is 0 Å². The molecule has 3 atom stereocenters. The first-order valence-corrected chi connectivity index (χ1v) is 14.5. The minimum Gasteiger partial charge on any atom is -0.420 e. The van der Waals surface area contributed by atoms with Gasteiger partial charge in [0.15, 0.2) is 8.32 Å². The van der Waals surface area contributed by atoms with Crippen LogP contribution in [-0.2, 0) is 15.9 Å². The van der Waals surface area contributed by atoms with Crippen molar-refractivity contribution in [3.8, 4) is 0 Å². The lowest BCUT2D eigenvalue weighted by molar-refractivity contribution is -0.140. The van der Waals surface area contributed by atoms with Crippen LogP contribution in [-0.4, -0.2) is 53.6 Å². The molecular formula is C23H35N5O4Si. The molecule has 2 bridgehead atoms. The van der Waals surface area contributed by atoms with E-state index in [1.807, 2.05) is 30.3 Å². The maximum absolute atomic E-state index is 13.1. The molecular weight excluding hydrogens is 438 g/mol. The van der Waals surface area contributed by atoms with Crippen LogP contribution in [0.3, 0.4) is 0 Å². The van der Waals surface area contributed by atoms with Crippen molar-refractivity contribution in [1.82, 2.24) is 20.2 Å². The Labute approximate surface area is 196 Å². The zero-order valence-electron chi connectivity index (χ0n) is 20.2. The summed E-state index contributed by atoms with van der Waals surface area (Å²) in [5, 5.41) is 10.1. The third-order valence-corrected chi connectivity index (χ3v) is 11.5. The Morgan fingerprint density at radius 2 is 1.94 bits per heavy atom. The summed E-state index contributed by atoms with van der Waals surface area (Å²) in [6.45, 7) is 12.1. The van der Waals surface area contributed by atoms with Gasteiger partial charge < -0.3 is 19.5 Å². The standard InChI is InChI=1S/C23H35N5O4Si/c1-23(2,3)33(4,5)32-19(13-24)21-26-25-20(31-21)18-12-11-17-14-27(18)22(29)28(17)30-15-16-9-7-6-8-10-16/h6-10,17-19H,11-15,24H2,1-5H3/t17-,18+,19-/m1/s1. The number of hydrogen-bond acceptors (Lipinski definition) is 7. The lowest BCUT2D eigenvalue weighted by atomic mass is 10.0. The Bertz CT molecular complexity index is 961. The summed E-state index contributed by atoms with van der Waals surface area (Å²) in [5.41, 5.74) is 7.03. The van der Waals surface area contributed by atoms with Gasteiger partial charge >= 0.3 is 6.03 Å². The lowest BCUT2D eigenvalue weighted by Crippen LogP contribution is -2.43. The van der Waals surface area contributed by atoms with Crippen molar-refractivity contribution in [2.45, 2.75) is 76.5 Å². The first-order valence-electron chi connectivity index (χ1n) is 11.6. The van der Waals surface area contributed by atoms with Gasteiger partial charge in [-0.2, -0.15) is 5.06 Å². The average molecular weight is 474 g/mol. The van der Waals surface area contributed by atoms with Crippen LogP contribution < -0.4 is 5.73 Å². The Morgan fingerprint density at radius 3 is 2.61 bits per heavy atom. The fraction of sp³-hybridized carbons (Fsp3) is 0.609. The molecule has 4 rings (SSSR count). The van der Waals surface area contributed by atoms with E-state index in [4.69, 9.17) is 19.4 Å². The molecule has 0 spiro atoms. The van der Waals surface area contributed by atoms with Crippen LogP contribution >= 0.6 is 0 Å². The summed E-state index contributed by atoms with van der Waals surface area (Å²) in [6.07, 6.45) is 1.09. The van der Waals surface area contributed by atoms with Gasteiger partial charge in [0.05, 0.1) is 6.04 Å². The van der Waals surface area contributed by atoms with E-state index in [0.29, 0.717) is 24.9 Å². The molecule has 2 N–H and O–H groups in total. The third-order valence-electron chi connectivity index (χ3n) is 7.01. The fourth-order valence-electron chi connectivity index (χ4n) is 4.02. The van der Waals surface area contributed by atoms with Gasteiger partial charge in [0.25, 0.3) is 0 Å². The number of benzene rings is 1. The highest BCUT2D eigenvalue weighted by atomic mass is 28.4. The molecule has 2 aliphatic heterocycles. The third kappa shape index (κ3) is 4.84. The summed E-state index contributed by atoms with van der Waals surface area (Å²) < 4.78 is 12.5. The summed E-state index contributed by atoms with van der Waals surface area (Å²) in [4.78, 5) is 20.7. The Kier molecular flexibility index (Phi) is 6.63. The molecule has 0 radical (unpaired) electrons. The zero-order chi connectivity index (χ0) is 23.8. The van der Waals surface area contributed by atoms with E-state index in [1.54, 1.807) is 4.90 Å². The van der Waals surface area contributed by atoms with Crippen molar-refractivity contribution < 1.29 is 18.5 Å². The molecule has 1 aromatic carbocycles. The van der Waals surface area contributed by atoms with Crippen molar-refractivity contribution >= 4 is 14.3 Å². The van der Waals surface area contributed by atoms with Gasteiger partial charge in [-0.05, 0) is 36.5 Å². The predicted octanol–water partition coefficient (Wildman–Crippen LogP) is 4.16. The van der Waals surface area contributed by atoms with Gasteiger partial charge in [-0.25, -0.2) is 4.79 Å². The summed E-state index contributed by atoms with van der Waals surface area (Å²) >= 11 is 0. The normalized spacial score (nSPS) is 22.2. The van der Waals surface area contributed by atoms with Gasteiger partial charge in [-0.1, -0.05) is 51.1 Å². The monoisotopic (exact) mass is 473 g/mol. The molecule has 2 fully saturated rings. The number of carbonyl (C=O) groups is 1. The van der Waals surface area contributed by atoms with Crippen molar-refractivity contribution in [3.63, 3.8) is 0 Å². The number of aromatic nitrogens is 2. The summed E-state index contributed by atoms with van der Waals surface area (Å²) in [5.74, 6) is 0.808. The van der Waals surface area contributed by atoms with Crippen LogP contribution in [0.2, 0.25) is 18.1 Å². The minimum atomic E-state index is -2.07. The quantitative estimate of drug-likeness (QED) is 0.574. The van der Waals surface area contributed by atoms with Crippen LogP contribution in [0, 0.1) is 0 Å². The van der Waals surface area contributed by atoms with E-state index in [1.165, 1.54) is 5.06 Å². The van der Waals surface area contributed by atoms with Crippen LogP contribution in [0.4, 0.5) is 4.79 Å². The molecule has 0 saturated carbocycles. The van der Waals surface area contributed by atoms with Crippen molar-refractivity contribution in [1.29, 1.82) is 0 Å². The largest absolute Gasteiger partial charge is 0.420 e. The van der Waals surface area contributed by atoms with Crippen molar-refractivity contribution in [2.75, 3.05) is 13.1 Å². The number of rotatable bonds is 8. The summed E-state index contributed by atoms with van der Waals surface area (Å²) in [7, 11) is -2.07. The highest BCUT2D eigenvalue weighted by Crippen LogP contribution is 2.41. The van der Waals surface area contributed by atoms with Gasteiger partial charge in [0, 0.05) is 13.1 Å². The fourth-order valence-corrected chi connectivity index (χ4v) is 5.28. The van der Waals surface area contributed by atoms with Crippen molar-refractivity contribution in [3.05, 3.63) is 47.7 Å². The van der Waals surface area contributed by atoms with Crippen molar-refractivity contribution in [2.24, 2.45) is 5.73 Å². The molecule has 33 heavy (non-hydrogen) atoms. The second kappa shape index (κ2) is 9.17. The molecule has 2 aliphatic rings. The molecule has 0 unspecified atom stereocenters. The topological polar surface area (TPSA) is 107 Å². The maximum Gasteiger partial charge on any atom is 0.345 e. The average Bonchev–Trinajstić information content (AvgIpc) is 3.35. The molecule has 2 aromatic rings. The molecule has 2 amide bonds. The van der Waals surface area contributed by atoms with Crippen LogP contribution in [0.15, 0.2) is 34.7 Å². The number of nitrogens with two attached hydrogens (primary N) is 1. The smallest absolute Gasteiger partial charge is 0.345 e. The molecule has 0 aliphatic carbocycles. The highest BCUT2D eigenvalue weighted by molar-refractivity contribution is 6.74. The van der Waals surface area contributed by atoms with E-state index in [0.717, 1.165) is 18.4 Å². The van der Waals surface area contributed by atoms with E-state index < -0.39 is 14.4 Å². The minimum absolute atomic E-state index is 0.0264. The molecule has 9 nitrogen and oxygen atoms in total. The molecule has 3 heterocycles. The molecule has 2 saturated heterocycles. The number of fused-ring (bicyclic) bond motifs is 2. The molecule has 180 valence electrons. The van der Waals surface area contributed by atoms with Crippen LogP contribution in [0.5, 0.6) is 0 Å². The van der Waals surface area contributed by atoms with E-state index in [2.05, 4.69) is 44.1 Å². The summed E-state index contributed by atoms with van der Waals surface area (Å²) in [6, 6.07) is 9.43. The Balaban J connectivity index is 1.44. The maximum atomic E-state index is 13.1. The Hall–Kier alpha value is -2.27. The number of hydrogen-bond donors (Lipinski definition) is 1. The lowest BCUT2D eigenvalue weighted by Gasteiger charge is -2.38. The van der Waals surface area contributed by atoms with Crippen LogP contribution in [0.1, 0.15) is 63.1 Å². The number of piperidine rings is 1. The van der Waals surface area contributed by atoms with E-state index in [-0.39, 0.29) is 29.7 Å². The second-order valence-electron chi connectivity index (χ2n) is 10.3. The Morgan fingerprint density at radius 1 is 1.21 bits per heavy atom. The van der Waals surface area contributed by atoms with E-state index in [9.17, 15) is 4.79 Å². The predicted molar refractivity (Wildman–Crippen MR) is 125 cm³/mol.